The van der Waals surface area contributed by atoms with Crippen molar-refractivity contribution in [3.05, 3.63) is 50.9 Å². The van der Waals surface area contributed by atoms with E-state index in [1.54, 1.807) is 12.3 Å². The first-order chi connectivity index (χ1) is 14.7. The van der Waals surface area contributed by atoms with Gasteiger partial charge in [-0.15, -0.1) is 0 Å². The Morgan fingerprint density at radius 2 is 1.68 bits per heavy atom. The Balaban J connectivity index is 1.51. The molecule has 1 aliphatic rings. The highest BCUT2D eigenvalue weighted by Gasteiger charge is 2.27. The molecule has 9 nitrogen and oxygen atoms in total. The predicted octanol–water partition coefficient (Wildman–Crippen LogP) is 3.18. The molecule has 0 spiro atoms. The Labute approximate surface area is 179 Å². The number of hydrogen-bond acceptors (Lipinski definition) is 9. The molecule has 3 aromatic rings. The molecule has 9 heteroatoms. The predicted molar refractivity (Wildman–Crippen MR) is 120 cm³/mol. The highest BCUT2D eigenvalue weighted by atomic mass is 16.6. The second-order valence-electron chi connectivity index (χ2n) is 8.51. The van der Waals surface area contributed by atoms with Crippen molar-refractivity contribution >= 4 is 28.8 Å². The van der Waals surface area contributed by atoms with Crippen molar-refractivity contribution in [2.24, 2.45) is 5.41 Å². The largest absolute Gasteiger partial charge is 0.486 e. The molecule has 0 unspecified atom stereocenters. The van der Waals surface area contributed by atoms with Crippen LogP contribution in [-0.4, -0.2) is 29.2 Å². The molecular formula is C22H25N5O4. The van der Waals surface area contributed by atoms with Gasteiger partial charge in [-0.2, -0.15) is 4.98 Å². The minimum atomic E-state index is -0.566. The standard InChI is InChI=1S/C22H25N5O4/c1-12(22(2,3)4)24-17-18(20(29)19(17)28)26-16-7-8-23-21(27-16)25-13-5-6-14-15(11-13)31-10-9-30-14/h5-8,11-12,24H,9-10H2,1-4H3,(H2,23,25,26,27)/t12-/m1/s1. The van der Waals surface area contributed by atoms with Crippen LogP contribution >= 0.6 is 0 Å². The molecule has 162 valence electrons. The van der Waals surface area contributed by atoms with E-state index >= 15 is 0 Å². The highest BCUT2D eigenvalue weighted by Crippen LogP contribution is 2.33. The topological polar surface area (TPSA) is 114 Å². The van der Waals surface area contributed by atoms with E-state index in [0.29, 0.717) is 36.5 Å². The summed E-state index contributed by atoms with van der Waals surface area (Å²) in [6, 6.07) is 7.09. The molecule has 0 saturated carbocycles. The van der Waals surface area contributed by atoms with E-state index in [2.05, 4.69) is 46.7 Å². The molecule has 1 atom stereocenters. The molecule has 0 bridgehead atoms. The summed E-state index contributed by atoms with van der Waals surface area (Å²) < 4.78 is 11.1. The van der Waals surface area contributed by atoms with Gasteiger partial charge < -0.3 is 25.4 Å². The summed E-state index contributed by atoms with van der Waals surface area (Å²) in [5.74, 6) is 2.07. The quantitative estimate of drug-likeness (QED) is 0.514. The first-order valence-corrected chi connectivity index (χ1v) is 10.1. The van der Waals surface area contributed by atoms with Crippen molar-refractivity contribution in [3.8, 4) is 11.5 Å². The molecule has 0 radical (unpaired) electrons. The molecule has 0 aliphatic carbocycles. The Kier molecular flexibility index (Phi) is 5.26. The van der Waals surface area contributed by atoms with Crippen molar-refractivity contribution in [1.29, 1.82) is 0 Å². The van der Waals surface area contributed by atoms with Crippen molar-refractivity contribution in [2.45, 2.75) is 33.7 Å². The third-order valence-electron chi connectivity index (χ3n) is 5.28. The summed E-state index contributed by atoms with van der Waals surface area (Å²) in [5.41, 5.74) is 0.0623. The summed E-state index contributed by atoms with van der Waals surface area (Å²) >= 11 is 0. The number of rotatable bonds is 6. The number of hydrogen-bond donors (Lipinski definition) is 3. The van der Waals surface area contributed by atoms with Crippen LogP contribution in [-0.2, 0) is 0 Å². The van der Waals surface area contributed by atoms with Crippen molar-refractivity contribution in [3.63, 3.8) is 0 Å². The minimum absolute atomic E-state index is 0.00538. The summed E-state index contributed by atoms with van der Waals surface area (Å²) in [6.45, 7) is 9.18. The van der Waals surface area contributed by atoms with Crippen LogP contribution in [0.3, 0.4) is 0 Å². The van der Waals surface area contributed by atoms with Crippen molar-refractivity contribution < 1.29 is 9.47 Å². The summed E-state index contributed by atoms with van der Waals surface area (Å²) in [5, 5.41) is 9.21. The fraction of sp³-hybridized carbons (Fsp3) is 0.364. The molecule has 3 N–H and O–H groups in total. The Hall–Kier alpha value is -3.62. The zero-order chi connectivity index (χ0) is 22.2. The fourth-order valence-corrected chi connectivity index (χ4v) is 2.95. The number of ether oxygens (including phenoxy) is 2. The van der Waals surface area contributed by atoms with Gasteiger partial charge in [0.2, 0.25) is 5.95 Å². The third kappa shape index (κ3) is 4.30. The minimum Gasteiger partial charge on any atom is -0.486 e. The molecule has 0 fully saturated rings. The van der Waals surface area contributed by atoms with Crippen molar-refractivity contribution in [1.82, 2.24) is 9.97 Å². The Bertz CT molecular complexity index is 1180. The lowest BCUT2D eigenvalue weighted by atomic mass is 9.87. The molecule has 31 heavy (non-hydrogen) atoms. The van der Waals surface area contributed by atoms with E-state index in [0.717, 1.165) is 5.69 Å². The van der Waals surface area contributed by atoms with Crippen LogP contribution in [0.25, 0.3) is 0 Å². The van der Waals surface area contributed by atoms with Gasteiger partial charge in [-0.1, -0.05) is 20.8 Å². The molecule has 0 saturated heterocycles. The van der Waals surface area contributed by atoms with E-state index in [9.17, 15) is 9.59 Å². The molecule has 4 rings (SSSR count). The average Bonchev–Trinajstić information content (AvgIpc) is 2.75. The fourth-order valence-electron chi connectivity index (χ4n) is 2.95. The summed E-state index contributed by atoms with van der Waals surface area (Å²) in [4.78, 5) is 32.8. The number of aromatic nitrogens is 2. The highest BCUT2D eigenvalue weighted by molar-refractivity contribution is 5.78. The SMILES string of the molecule is C[C@@H](Nc1c(Nc2ccnc(Nc3ccc4c(c3)OCCO4)n2)c(=O)c1=O)C(C)(C)C. The number of benzene rings is 1. The number of anilines is 5. The second kappa shape index (κ2) is 7.90. The van der Waals surface area contributed by atoms with Crippen LogP contribution in [0.15, 0.2) is 40.1 Å². The maximum Gasteiger partial charge on any atom is 0.253 e. The lowest BCUT2D eigenvalue weighted by Crippen LogP contribution is -2.41. The molecule has 0 amide bonds. The van der Waals surface area contributed by atoms with E-state index < -0.39 is 10.9 Å². The molecule has 2 aromatic carbocycles. The normalized spacial score (nSPS) is 14.2. The lowest BCUT2D eigenvalue weighted by molar-refractivity contribution is 0.171. The van der Waals surface area contributed by atoms with Crippen LogP contribution in [0.4, 0.5) is 28.8 Å². The third-order valence-corrected chi connectivity index (χ3v) is 5.28. The monoisotopic (exact) mass is 423 g/mol. The van der Waals surface area contributed by atoms with Gasteiger partial charge in [0.15, 0.2) is 11.5 Å². The zero-order valence-electron chi connectivity index (χ0n) is 17.9. The van der Waals surface area contributed by atoms with E-state index in [1.807, 2.05) is 25.1 Å². The number of nitrogens with zero attached hydrogens (tertiary/aromatic N) is 2. The van der Waals surface area contributed by atoms with Gasteiger partial charge in [-0.05, 0) is 30.5 Å². The van der Waals surface area contributed by atoms with Crippen LogP contribution < -0.4 is 36.3 Å². The van der Waals surface area contributed by atoms with Gasteiger partial charge in [0.25, 0.3) is 10.9 Å². The van der Waals surface area contributed by atoms with Crippen LogP contribution in [0.2, 0.25) is 0 Å². The molecule has 1 aromatic heterocycles. The maximum absolute atomic E-state index is 12.1. The van der Waals surface area contributed by atoms with Gasteiger partial charge >= 0.3 is 0 Å². The van der Waals surface area contributed by atoms with Crippen molar-refractivity contribution in [2.75, 3.05) is 29.2 Å². The smallest absolute Gasteiger partial charge is 0.253 e. The number of fused-ring (bicyclic) bond motifs is 1. The van der Waals surface area contributed by atoms with E-state index in [1.165, 1.54) is 0 Å². The summed E-state index contributed by atoms with van der Waals surface area (Å²) in [6.07, 6.45) is 1.56. The van der Waals surface area contributed by atoms with Crippen LogP contribution in [0.5, 0.6) is 11.5 Å². The maximum atomic E-state index is 12.1. The van der Waals surface area contributed by atoms with Crippen LogP contribution in [0.1, 0.15) is 27.7 Å². The first-order valence-electron chi connectivity index (χ1n) is 10.1. The molecular weight excluding hydrogens is 398 g/mol. The van der Waals surface area contributed by atoms with Gasteiger partial charge in [-0.25, -0.2) is 4.98 Å². The molecule has 2 heterocycles. The van der Waals surface area contributed by atoms with Crippen LogP contribution in [0, 0.1) is 5.41 Å². The van der Waals surface area contributed by atoms with E-state index in [4.69, 9.17) is 9.47 Å². The first kappa shape index (κ1) is 20.6. The lowest BCUT2D eigenvalue weighted by Gasteiger charge is -2.30. The van der Waals surface area contributed by atoms with Gasteiger partial charge in [0, 0.05) is 24.0 Å². The Morgan fingerprint density at radius 1 is 0.968 bits per heavy atom. The Morgan fingerprint density at radius 3 is 2.42 bits per heavy atom. The summed E-state index contributed by atoms with van der Waals surface area (Å²) in [7, 11) is 0. The van der Waals surface area contributed by atoms with Gasteiger partial charge in [0.05, 0.1) is 0 Å². The van der Waals surface area contributed by atoms with E-state index in [-0.39, 0.29) is 22.8 Å². The van der Waals surface area contributed by atoms with Gasteiger partial charge in [0.1, 0.15) is 30.4 Å². The average molecular weight is 423 g/mol. The van der Waals surface area contributed by atoms with Gasteiger partial charge in [-0.3, -0.25) is 9.59 Å². The molecule has 1 aliphatic heterocycles. The zero-order valence-corrected chi connectivity index (χ0v) is 17.9. The second-order valence-corrected chi connectivity index (χ2v) is 8.51. The number of nitrogens with one attached hydrogen (secondary N) is 3.